The van der Waals surface area contributed by atoms with Gasteiger partial charge in [-0.2, -0.15) is 0 Å². The van der Waals surface area contributed by atoms with Gasteiger partial charge in [0.25, 0.3) is 0 Å². The Balaban J connectivity index is 2.58. The molecule has 4 nitrogen and oxygen atoms in total. The number of nitrogens with zero attached hydrogens (tertiary/aromatic N) is 1. The first-order valence-electron chi connectivity index (χ1n) is 7.50. The van der Waals surface area contributed by atoms with Crippen molar-refractivity contribution in [3.8, 4) is 0 Å². The third kappa shape index (κ3) is 5.98. The van der Waals surface area contributed by atoms with Crippen LogP contribution in [-0.4, -0.2) is 34.5 Å². The number of carbonyl (C=O) groups excluding carboxylic acids is 1. The highest BCUT2D eigenvalue weighted by Gasteiger charge is 2.19. The smallest absolute Gasteiger partial charge is 0.305 e. The Bertz CT molecular complexity index is 467. The molecule has 1 unspecified atom stereocenters. The molecule has 0 spiro atoms. The third-order valence-corrected chi connectivity index (χ3v) is 3.76. The van der Waals surface area contributed by atoms with Crippen LogP contribution in [0.1, 0.15) is 44.2 Å². The molecule has 21 heavy (non-hydrogen) atoms. The fourth-order valence-electron chi connectivity index (χ4n) is 2.18. The zero-order chi connectivity index (χ0) is 15.8. The number of benzene rings is 1. The van der Waals surface area contributed by atoms with E-state index in [0.717, 1.165) is 12.0 Å². The van der Waals surface area contributed by atoms with E-state index in [0.29, 0.717) is 12.8 Å². The molecule has 1 aromatic carbocycles. The zero-order valence-electron chi connectivity index (χ0n) is 13.1. The molecule has 0 saturated carbocycles. The Morgan fingerprint density at radius 1 is 1.19 bits per heavy atom. The summed E-state index contributed by atoms with van der Waals surface area (Å²) in [7, 11) is 0. The molecule has 0 aliphatic rings. The molecule has 1 amide bonds. The Morgan fingerprint density at radius 2 is 1.81 bits per heavy atom. The monoisotopic (exact) mass is 291 g/mol. The van der Waals surface area contributed by atoms with Crippen LogP contribution in [0.5, 0.6) is 0 Å². The summed E-state index contributed by atoms with van der Waals surface area (Å²) in [5, 5.41) is 8.79. The van der Waals surface area contributed by atoms with Crippen molar-refractivity contribution < 1.29 is 14.7 Å². The van der Waals surface area contributed by atoms with Crippen LogP contribution >= 0.6 is 0 Å². The first-order valence-corrected chi connectivity index (χ1v) is 7.50. The maximum absolute atomic E-state index is 12.3. The van der Waals surface area contributed by atoms with Crippen LogP contribution in [0.4, 0.5) is 0 Å². The lowest BCUT2D eigenvalue weighted by molar-refractivity contribution is -0.139. The van der Waals surface area contributed by atoms with Crippen molar-refractivity contribution in [3.05, 3.63) is 35.4 Å². The van der Waals surface area contributed by atoms with Gasteiger partial charge in [-0.05, 0) is 32.3 Å². The second-order valence-corrected chi connectivity index (χ2v) is 5.47. The summed E-state index contributed by atoms with van der Waals surface area (Å²) in [6.07, 6.45) is 1.95. The number of carbonyl (C=O) groups is 2. The van der Waals surface area contributed by atoms with Gasteiger partial charge in [0.1, 0.15) is 0 Å². The minimum atomic E-state index is -0.866. The minimum Gasteiger partial charge on any atom is -0.481 e. The average Bonchev–Trinajstić information content (AvgIpc) is 2.46. The van der Waals surface area contributed by atoms with Crippen molar-refractivity contribution in [2.24, 2.45) is 0 Å². The largest absolute Gasteiger partial charge is 0.481 e. The molecule has 0 heterocycles. The van der Waals surface area contributed by atoms with Gasteiger partial charge in [-0.15, -0.1) is 0 Å². The molecule has 1 aromatic rings. The number of amides is 1. The van der Waals surface area contributed by atoms with Crippen LogP contribution in [0.25, 0.3) is 0 Å². The van der Waals surface area contributed by atoms with Gasteiger partial charge in [0.05, 0.1) is 6.42 Å². The number of hydrogen-bond donors (Lipinski definition) is 1. The van der Waals surface area contributed by atoms with E-state index >= 15 is 0 Å². The van der Waals surface area contributed by atoms with E-state index in [4.69, 9.17) is 5.11 Å². The van der Waals surface area contributed by atoms with E-state index < -0.39 is 5.97 Å². The fraction of sp³-hybridized carbons (Fsp3) is 0.529. The predicted molar refractivity (Wildman–Crippen MR) is 83.2 cm³/mol. The molecule has 0 fully saturated rings. The highest BCUT2D eigenvalue weighted by molar-refractivity contribution is 5.77. The maximum atomic E-state index is 12.3. The topological polar surface area (TPSA) is 57.6 Å². The van der Waals surface area contributed by atoms with Gasteiger partial charge in [-0.3, -0.25) is 9.59 Å². The quantitative estimate of drug-likeness (QED) is 0.801. The highest BCUT2D eigenvalue weighted by Crippen LogP contribution is 2.11. The summed E-state index contributed by atoms with van der Waals surface area (Å²) < 4.78 is 0. The molecule has 4 heteroatoms. The van der Waals surface area contributed by atoms with E-state index in [-0.39, 0.29) is 24.9 Å². The Morgan fingerprint density at radius 3 is 2.33 bits per heavy atom. The molecule has 0 aliphatic carbocycles. The van der Waals surface area contributed by atoms with Gasteiger partial charge >= 0.3 is 5.97 Å². The van der Waals surface area contributed by atoms with Crippen LogP contribution in [0.2, 0.25) is 0 Å². The fourth-order valence-corrected chi connectivity index (χ4v) is 2.18. The van der Waals surface area contributed by atoms with E-state index in [1.165, 1.54) is 5.56 Å². The molecule has 0 aliphatic heterocycles. The molecule has 0 radical (unpaired) electrons. The molecule has 0 aromatic heterocycles. The first-order chi connectivity index (χ1) is 9.93. The van der Waals surface area contributed by atoms with Crippen LogP contribution < -0.4 is 0 Å². The number of aryl methyl sites for hydroxylation is 2. The molecule has 0 saturated heterocycles. The molecule has 1 N–H and O–H groups in total. The molecular weight excluding hydrogens is 266 g/mol. The van der Waals surface area contributed by atoms with E-state index in [1.54, 1.807) is 4.90 Å². The van der Waals surface area contributed by atoms with Crippen molar-refractivity contribution in [3.63, 3.8) is 0 Å². The van der Waals surface area contributed by atoms with E-state index in [2.05, 4.69) is 0 Å². The second-order valence-electron chi connectivity index (χ2n) is 5.47. The summed E-state index contributed by atoms with van der Waals surface area (Å²) in [6.45, 7) is 6.29. The normalized spacial score (nSPS) is 12.0. The van der Waals surface area contributed by atoms with Gasteiger partial charge < -0.3 is 10.0 Å². The standard InChI is InChI=1S/C17H25NO3/c1-4-14(3)18(12-11-17(20)21)16(19)10-9-15-7-5-13(2)6-8-15/h5-8,14H,4,9-12H2,1-3H3,(H,20,21). The van der Waals surface area contributed by atoms with Crippen molar-refractivity contribution in [1.29, 1.82) is 0 Å². The van der Waals surface area contributed by atoms with Crippen LogP contribution in [-0.2, 0) is 16.0 Å². The predicted octanol–water partition coefficient (Wildman–Crippen LogP) is 3.03. The van der Waals surface area contributed by atoms with Crippen molar-refractivity contribution in [2.45, 2.75) is 52.5 Å². The molecule has 1 atom stereocenters. The summed E-state index contributed by atoms with van der Waals surface area (Å²) >= 11 is 0. The van der Waals surface area contributed by atoms with Gasteiger partial charge in [-0.25, -0.2) is 0 Å². The summed E-state index contributed by atoms with van der Waals surface area (Å²) in [5.41, 5.74) is 2.34. The molecule has 0 bridgehead atoms. The minimum absolute atomic E-state index is 0.000607. The first kappa shape index (κ1) is 17.2. The maximum Gasteiger partial charge on any atom is 0.305 e. The van der Waals surface area contributed by atoms with Gasteiger partial charge in [-0.1, -0.05) is 36.8 Å². The SMILES string of the molecule is CCC(C)N(CCC(=O)O)C(=O)CCc1ccc(C)cc1. The van der Waals surface area contributed by atoms with Crippen molar-refractivity contribution in [1.82, 2.24) is 4.90 Å². The lowest BCUT2D eigenvalue weighted by Gasteiger charge is -2.28. The van der Waals surface area contributed by atoms with Gasteiger partial charge in [0.2, 0.25) is 5.91 Å². The van der Waals surface area contributed by atoms with Crippen LogP contribution in [0.3, 0.4) is 0 Å². The van der Waals surface area contributed by atoms with Crippen molar-refractivity contribution >= 4 is 11.9 Å². The number of carboxylic acids is 1. The number of aliphatic carboxylic acids is 1. The lowest BCUT2D eigenvalue weighted by Crippen LogP contribution is -2.39. The highest BCUT2D eigenvalue weighted by atomic mass is 16.4. The average molecular weight is 291 g/mol. The van der Waals surface area contributed by atoms with Crippen molar-refractivity contribution in [2.75, 3.05) is 6.54 Å². The number of carboxylic acid groups (broad SMARTS) is 1. The Labute approximate surface area is 126 Å². The second kappa shape index (κ2) is 8.45. The van der Waals surface area contributed by atoms with Gasteiger partial charge in [0.15, 0.2) is 0 Å². The molecular formula is C17H25NO3. The van der Waals surface area contributed by atoms with Crippen LogP contribution in [0, 0.1) is 6.92 Å². The molecule has 116 valence electrons. The van der Waals surface area contributed by atoms with E-state index in [1.807, 2.05) is 45.0 Å². The van der Waals surface area contributed by atoms with Crippen LogP contribution in [0.15, 0.2) is 24.3 Å². The summed E-state index contributed by atoms with van der Waals surface area (Å²) in [5.74, 6) is -0.833. The summed E-state index contributed by atoms with van der Waals surface area (Å²) in [6, 6.07) is 8.23. The van der Waals surface area contributed by atoms with E-state index in [9.17, 15) is 9.59 Å². The Hall–Kier alpha value is -1.84. The number of hydrogen-bond acceptors (Lipinski definition) is 2. The summed E-state index contributed by atoms with van der Waals surface area (Å²) in [4.78, 5) is 24.7. The molecule has 1 rings (SSSR count). The third-order valence-electron chi connectivity index (χ3n) is 3.76. The number of rotatable bonds is 8. The zero-order valence-corrected chi connectivity index (χ0v) is 13.1. The lowest BCUT2D eigenvalue weighted by atomic mass is 10.1. The van der Waals surface area contributed by atoms with Gasteiger partial charge in [0, 0.05) is 19.0 Å². The Kier molecular flexibility index (Phi) is 6.92.